The standard InChI is InChI=1S/C13H26N2O2/c1-13(2,3)12(16)17-11-5-6-15-9-7-14(4)8-10-15/h5-11H2,1-4H3. The zero-order valence-corrected chi connectivity index (χ0v) is 11.7. The molecule has 100 valence electrons. The Morgan fingerprint density at radius 1 is 1.18 bits per heavy atom. The van der Waals surface area contributed by atoms with Crippen molar-refractivity contribution in [2.75, 3.05) is 46.4 Å². The predicted octanol–water partition coefficient (Wildman–Crippen LogP) is 1.21. The minimum Gasteiger partial charge on any atom is -0.465 e. The van der Waals surface area contributed by atoms with E-state index in [4.69, 9.17) is 4.74 Å². The van der Waals surface area contributed by atoms with Crippen LogP contribution >= 0.6 is 0 Å². The van der Waals surface area contributed by atoms with Crippen molar-refractivity contribution in [2.24, 2.45) is 5.41 Å². The zero-order valence-electron chi connectivity index (χ0n) is 11.7. The van der Waals surface area contributed by atoms with E-state index < -0.39 is 0 Å². The van der Waals surface area contributed by atoms with Crippen molar-refractivity contribution in [3.8, 4) is 0 Å². The van der Waals surface area contributed by atoms with Gasteiger partial charge in [-0.3, -0.25) is 4.79 Å². The van der Waals surface area contributed by atoms with Gasteiger partial charge in [0.05, 0.1) is 12.0 Å². The molecule has 0 aliphatic carbocycles. The summed E-state index contributed by atoms with van der Waals surface area (Å²) < 4.78 is 5.24. The van der Waals surface area contributed by atoms with Crippen molar-refractivity contribution in [2.45, 2.75) is 27.2 Å². The summed E-state index contributed by atoms with van der Waals surface area (Å²) in [5.74, 6) is -0.101. The van der Waals surface area contributed by atoms with E-state index in [-0.39, 0.29) is 11.4 Å². The van der Waals surface area contributed by atoms with Crippen LogP contribution in [0.2, 0.25) is 0 Å². The molecule has 1 rings (SSSR count). The molecule has 0 saturated carbocycles. The molecule has 0 aromatic carbocycles. The highest BCUT2D eigenvalue weighted by Gasteiger charge is 2.22. The Morgan fingerprint density at radius 3 is 2.29 bits per heavy atom. The molecule has 1 heterocycles. The summed E-state index contributed by atoms with van der Waals surface area (Å²) in [7, 11) is 2.16. The van der Waals surface area contributed by atoms with E-state index in [2.05, 4.69) is 16.8 Å². The molecule has 1 aliphatic heterocycles. The number of rotatable bonds is 4. The van der Waals surface area contributed by atoms with Gasteiger partial charge in [-0.15, -0.1) is 0 Å². The van der Waals surface area contributed by atoms with Crippen molar-refractivity contribution in [3.63, 3.8) is 0 Å². The van der Waals surface area contributed by atoms with Gasteiger partial charge in [-0.1, -0.05) is 0 Å². The Bertz CT molecular complexity index is 240. The Kier molecular flexibility index (Phi) is 5.40. The highest BCUT2D eigenvalue weighted by molar-refractivity contribution is 5.75. The lowest BCUT2D eigenvalue weighted by Crippen LogP contribution is -2.44. The number of piperazine rings is 1. The van der Waals surface area contributed by atoms with E-state index in [1.807, 2.05) is 20.8 Å². The zero-order chi connectivity index (χ0) is 12.9. The van der Waals surface area contributed by atoms with Gasteiger partial charge in [0, 0.05) is 32.7 Å². The molecule has 0 spiro atoms. The second kappa shape index (κ2) is 6.36. The van der Waals surface area contributed by atoms with Crippen LogP contribution in [0, 0.1) is 5.41 Å². The van der Waals surface area contributed by atoms with Crippen LogP contribution < -0.4 is 0 Å². The number of hydrogen-bond donors (Lipinski definition) is 0. The van der Waals surface area contributed by atoms with Gasteiger partial charge in [0.25, 0.3) is 0 Å². The van der Waals surface area contributed by atoms with Gasteiger partial charge in [-0.05, 0) is 34.2 Å². The predicted molar refractivity (Wildman–Crippen MR) is 69.0 cm³/mol. The van der Waals surface area contributed by atoms with Crippen LogP contribution in [0.5, 0.6) is 0 Å². The summed E-state index contributed by atoms with van der Waals surface area (Å²) >= 11 is 0. The third kappa shape index (κ3) is 5.50. The lowest BCUT2D eigenvalue weighted by Gasteiger charge is -2.32. The van der Waals surface area contributed by atoms with E-state index in [1.54, 1.807) is 0 Å². The van der Waals surface area contributed by atoms with E-state index in [0.29, 0.717) is 6.61 Å². The van der Waals surface area contributed by atoms with Gasteiger partial charge in [0.2, 0.25) is 0 Å². The van der Waals surface area contributed by atoms with Gasteiger partial charge < -0.3 is 14.5 Å². The largest absolute Gasteiger partial charge is 0.465 e. The Hall–Kier alpha value is -0.610. The van der Waals surface area contributed by atoms with Crippen LogP contribution in [0.25, 0.3) is 0 Å². The van der Waals surface area contributed by atoms with E-state index in [9.17, 15) is 4.79 Å². The molecule has 0 aromatic heterocycles. The fraction of sp³-hybridized carbons (Fsp3) is 0.923. The SMILES string of the molecule is CN1CCN(CCCOC(=O)C(C)(C)C)CC1. The molecule has 17 heavy (non-hydrogen) atoms. The molecule has 0 bridgehead atoms. The number of likely N-dealkylation sites (N-methyl/N-ethyl adjacent to an activating group) is 1. The number of ether oxygens (including phenoxy) is 1. The second-order valence-corrected chi connectivity index (χ2v) is 5.88. The first kappa shape index (κ1) is 14.5. The number of esters is 1. The molecule has 1 saturated heterocycles. The van der Waals surface area contributed by atoms with Gasteiger partial charge >= 0.3 is 5.97 Å². The average molecular weight is 242 g/mol. The fourth-order valence-corrected chi connectivity index (χ4v) is 1.74. The average Bonchev–Trinajstić information content (AvgIpc) is 2.25. The molecule has 0 aromatic rings. The van der Waals surface area contributed by atoms with Crippen molar-refractivity contribution >= 4 is 5.97 Å². The molecule has 4 nitrogen and oxygen atoms in total. The Balaban J connectivity index is 2.07. The highest BCUT2D eigenvalue weighted by atomic mass is 16.5. The topological polar surface area (TPSA) is 32.8 Å². The van der Waals surface area contributed by atoms with Crippen LogP contribution in [0.4, 0.5) is 0 Å². The van der Waals surface area contributed by atoms with Gasteiger partial charge in [0.1, 0.15) is 0 Å². The first-order valence-electron chi connectivity index (χ1n) is 6.48. The molecule has 0 N–H and O–H groups in total. The Morgan fingerprint density at radius 2 is 1.76 bits per heavy atom. The molecular formula is C13H26N2O2. The third-order valence-electron chi connectivity index (χ3n) is 3.06. The van der Waals surface area contributed by atoms with Gasteiger partial charge in [0.15, 0.2) is 0 Å². The minimum absolute atomic E-state index is 0.101. The van der Waals surface area contributed by atoms with Crippen LogP contribution in [0.3, 0.4) is 0 Å². The van der Waals surface area contributed by atoms with E-state index in [0.717, 1.165) is 39.1 Å². The molecule has 0 atom stereocenters. The molecular weight excluding hydrogens is 216 g/mol. The number of hydrogen-bond acceptors (Lipinski definition) is 4. The highest BCUT2D eigenvalue weighted by Crippen LogP contribution is 2.15. The molecule has 0 unspecified atom stereocenters. The minimum atomic E-state index is -0.381. The fourth-order valence-electron chi connectivity index (χ4n) is 1.74. The quantitative estimate of drug-likeness (QED) is 0.548. The maximum atomic E-state index is 11.5. The second-order valence-electron chi connectivity index (χ2n) is 5.88. The summed E-state index contributed by atoms with van der Waals surface area (Å²) in [5.41, 5.74) is -0.381. The lowest BCUT2D eigenvalue weighted by molar-refractivity contribution is -0.153. The number of nitrogens with zero attached hydrogens (tertiary/aromatic N) is 2. The molecule has 1 aliphatic rings. The van der Waals surface area contributed by atoms with E-state index in [1.165, 1.54) is 0 Å². The Labute approximate surface area is 105 Å². The molecule has 4 heteroatoms. The first-order chi connectivity index (χ1) is 7.89. The molecule has 0 amide bonds. The van der Waals surface area contributed by atoms with Crippen molar-refractivity contribution in [3.05, 3.63) is 0 Å². The van der Waals surface area contributed by atoms with Crippen LogP contribution in [0.15, 0.2) is 0 Å². The van der Waals surface area contributed by atoms with Crippen LogP contribution in [-0.2, 0) is 9.53 Å². The maximum absolute atomic E-state index is 11.5. The van der Waals surface area contributed by atoms with Crippen molar-refractivity contribution < 1.29 is 9.53 Å². The summed E-state index contributed by atoms with van der Waals surface area (Å²) in [6, 6.07) is 0. The summed E-state index contributed by atoms with van der Waals surface area (Å²) in [5, 5.41) is 0. The monoisotopic (exact) mass is 242 g/mol. The normalized spacial score (nSPS) is 19.3. The number of carbonyl (C=O) groups excluding carboxylic acids is 1. The molecule has 0 radical (unpaired) electrons. The summed E-state index contributed by atoms with van der Waals surface area (Å²) in [6.07, 6.45) is 0.936. The van der Waals surface area contributed by atoms with Gasteiger partial charge in [-0.25, -0.2) is 0 Å². The summed E-state index contributed by atoms with van der Waals surface area (Å²) in [4.78, 5) is 16.3. The van der Waals surface area contributed by atoms with E-state index >= 15 is 0 Å². The maximum Gasteiger partial charge on any atom is 0.311 e. The molecule has 1 fully saturated rings. The van der Waals surface area contributed by atoms with Crippen LogP contribution in [0.1, 0.15) is 27.2 Å². The lowest BCUT2D eigenvalue weighted by atomic mass is 9.97. The van der Waals surface area contributed by atoms with Crippen LogP contribution in [-0.4, -0.2) is 62.1 Å². The number of carbonyl (C=O) groups is 1. The van der Waals surface area contributed by atoms with Crippen molar-refractivity contribution in [1.29, 1.82) is 0 Å². The first-order valence-corrected chi connectivity index (χ1v) is 6.48. The van der Waals surface area contributed by atoms with Crippen molar-refractivity contribution in [1.82, 2.24) is 9.80 Å². The van der Waals surface area contributed by atoms with Gasteiger partial charge in [-0.2, -0.15) is 0 Å². The third-order valence-corrected chi connectivity index (χ3v) is 3.06. The summed E-state index contributed by atoms with van der Waals surface area (Å²) in [6.45, 7) is 11.8. The smallest absolute Gasteiger partial charge is 0.311 e.